The van der Waals surface area contributed by atoms with Crippen molar-refractivity contribution in [3.63, 3.8) is 0 Å². The quantitative estimate of drug-likeness (QED) is 0.723. The van der Waals surface area contributed by atoms with Gasteiger partial charge in [0.25, 0.3) is 10.0 Å². The lowest BCUT2D eigenvalue weighted by atomic mass is 9.87. The first-order chi connectivity index (χ1) is 10.5. The molecule has 0 saturated carbocycles. The van der Waals surface area contributed by atoms with Gasteiger partial charge in [-0.15, -0.1) is 0 Å². The van der Waals surface area contributed by atoms with Gasteiger partial charge in [0.15, 0.2) is 0 Å². The molecule has 0 saturated heterocycles. The third-order valence-electron chi connectivity index (χ3n) is 3.23. The van der Waals surface area contributed by atoms with Crippen LogP contribution in [0.2, 0.25) is 15.1 Å². The van der Waals surface area contributed by atoms with Crippen LogP contribution in [0.1, 0.15) is 26.3 Å². The van der Waals surface area contributed by atoms with Crippen molar-refractivity contribution >= 4 is 50.5 Å². The highest BCUT2D eigenvalue weighted by atomic mass is 35.5. The Kier molecular flexibility index (Phi) is 5.21. The number of rotatable bonds is 3. The standard InChI is InChI=1S/C16H16Cl3NO2S/c1-16(2,3)11-8-7-10(9-13(11)18)20-23(21,22)14-6-4-5-12(17)15(14)19/h4-9,20H,1-3H3. The van der Waals surface area contributed by atoms with E-state index in [0.29, 0.717) is 10.7 Å². The third kappa shape index (κ3) is 4.13. The normalized spacial score (nSPS) is 12.3. The summed E-state index contributed by atoms with van der Waals surface area (Å²) >= 11 is 18.1. The molecule has 0 aliphatic carbocycles. The molecule has 0 atom stereocenters. The van der Waals surface area contributed by atoms with Crippen molar-refractivity contribution in [2.24, 2.45) is 0 Å². The first-order valence-electron chi connectivity index (χ1n) is 6.79. The average molecular weight is 393 g/mol. The van der Waals surface area contributed by atoms with Crippen molar-refractivity contribution in [3.05, 3.63) is 57.0 Å². The lowest BCUT2D eigenvalue weighted by Crippen LogP contribution is -2.15. The first-order valence-corrected chi connectivity index (χ1v) is 9.41. The Morgan fingerprint density at radius 3 is 2.17 bits per heavy atom. The SMILES string of the molecule is CC(C)(C)c1ccc(NS(=O)(=O)c2cccc(Cl)c2Cl)cc1Cl. The van der Waals surface area contributed by atoms with Crippen molar-refractivity contribution in [3.8, 4) is 0 Å². The molecule has 2 aromatic rings. The van der Waals surface area contributed by atoms with E-state index in [1.54, 1.807) is 18.2 Å². The summed E-state index contributed by atoms with van der Waals surface area (Å²) in [4.78, 5) is -0.0808. The zero-order chi connectivity index (χ0) is 17.4. The van der Waals surface area contributed by atoms with Gasteiger partial charge in [-0.05, 0) is 35.2 Å². The van der Waals surface area contributed by atoms with Crippen LogP contribution >= 0.6 is 34.8 Å². The van der Waals surface area contributed by atoms with Gasteiger partial charge in [0, 0.05) is 5.02 Å². The molecule has 0 radical (unpaired) electrons. The van der Waals surface area contributed by atoms with E-state index in [1.807, 2.05) is 20.8 Å². The molecule has 0 aliphatic rings. The topological polar surface area (TPSA) is 46.2 Å². The number of benzene rings is 2. The van der Waals surface area contributed by atoms with Crippen molar-refractivity contribution in [2.45, 2.75) is 31.1 Å². The van der Waals surface area contributed by atoms with Gasteiger partial charge in [0.1, 0.15) is 4.90 Å². The van der Waals surface area contributed by atoms with Crippen molar-refractivity contribution in [1.29, 1.82) is 0 Å². The summed E-state index contributed by atoms with van der Waals surface area (Å²) in [5, 5.41) is 0.657. The van der Waals surface area contributed by atoms with Crippen LogP contribution in [-0.2, 0) is 15.4 Å². The summed E-state index contributed by atoms with van der Waals surface area (Å²) in [6, 6.07) is 9.50. The molecular weight excluding hydrogens is 377 g/mol. The Hall–Kier alpha value is -0.940. The van der Waals surface area contributed by atoms with Gasteiger partial charge in [0.2, 0.25) is 0 Å². The lowest BCUT2D eigenvalue weighted by molar-refractivity contribution is 0.590. The fourth-order valence-electron chi connectivity index (χ4n) is 2.09. The van der Waals surface area contributed by atoms with E-state index in [1.165, 1.54) is 18.2 Å². The molecule has 2 rings (SSSR count). The number of anilines is 1. The smallest absolute Gasteiger partial charge is 0.263 e. The number of halogens is 3. The number of sulfonamides is 1. The predicted octanol–water partition coefficient (Wildman–Crippen LogP) is 5.75. The second-order valence-electron chi connectivity index (χ2n) is 6.10. The Bertz CT molecular complexity index is 843. The maximum atomic E-state index is 12.5. The molecule has 0 bridgehead atoms. The van der Waals surface area contributed by atoms with Crippen LogP contribution in [0, 0.1) is 0 Å². The van der Waals surface area contributed by atoms with Gasteiger partial charge in [0.05, 0.1) is 15.7 Å². The molecule has 0 heterocycles. The molecule has 124 valence electrons. The van der Waals surface area contributed by atoms with Crippen molar-refractivity contribution in [1.82, 2.24) is 0 Å². The largest absolute Gasteiger partial charge is 0.280 e. The van der Waals surface area contributed by atoms with E-state index in [9.17, 15) is 8.42 Å². The van der Waals surface area contributed by atoms with Gasteiger partial charge < -0.3 is 0 Å². The minimum Gasteiger partial charge on any atom is -0.280 e. The van der Waals surface area contributed by atoms with E-state index in [2.05, 4.69) is 4.72 Å². The highest BCUT2D eigenvalue weighted by molar-refractivity contribution is 7.92. The predicted molar refractivity (Wildman–Crippen MR) is 97.4 cm³/mol. The highest BCUT2D eigenvalue weighted by Gasteiger charge is 2.21. The molecular formula is C16H16Cl3NO2S. The molecule has 0 spiro atoms. The molecule has 1 N–H and O–H groups in total. The van der Waals surface area contributed by atoms with Crippen LogP contribution in [0.4, 0.5) is 5.69 Å². The molecule has 0 aromatic heterocycles. The van der Waals surface area contributed by atoms with E-state index < -0.39 is 10.0 Å². The minimum atomic E-state index is -3.86. The lowest BCUT2D eigenvalue weighted by Gasteiger charge is -2.21. The fraction of sp³-hybridized carbons (Fsp3) is 0.250. The molecule has 2 aromatic carbocycles. The Morgan fingerprint density at radius 2 is 1.61 bits per heavy atom. The summed E-state index contributed by atoms with van der Waals surface area (Å²) in [7, 11) is -3.86. The number of nitrogens with one attached hydrogen (secondary N) is 1. The van der Waals surface area contributed by atoms with Crippen LogP contribution in [0.3, 0.4) is 0 Å². The van der Waals surface area contributed by atoms with Crippen LogP contribution < -0.4 is 4.72 Å². The molecule has 0 amide bonds. The maximum absolute atomic E-state index is 12.5. The summed E-state index contributed by atoms with van der Waals surface area (Å²) in [6.45, 7) is 6.09. The summed E-state index contributed by atoms with van der Waals surface area (Å²) in [5.41, 5.74) is 1.16. The molecule has 0 aliphatic heterocycles. The third-order valence-corrected chi connectivity index (χ3v) is 5.90. The molecule has 23 heavy (non-hydrogen) atoms. The van der Waals surface area contributed by atoms with Crippen LogP contribution in [0.5, 0.6) is 0 Å². The van der Waals surface area contributed by atoms with Gasteiger partial charge in [-0.3, -0.25) is 4.72 Å². The Labute approximate surface area is 151 Å². The van der Waals surface area contributed by atoms with Gasteiger partial charge >= 0.3 is 0 Å². The van der Waals surface area contributed by atoms with Crippen LogP contribution in [-0.4, -0.2) is 8.42 Å². The van der Waals surface area contributed by atoms with E-state index in [0.717, 1.165) is 5.56 Å². The first kappa shape index (κ1) is 18.4. The van der Waals surface area contributed by atoms with Crippen LogP contribution in [0.25, 0.3) is 0 Å². The number of hydrogen-bond acceptors (Lipinski definition) is 2. The summed E-state index contributed by atoms with van der Waals surface area (Å²) in [6.07, 6.45) is 0. The number of hydrogen-bond donors (Lipinski definition) is 1. The monoisotopic (exact) mass is 391 g/mol. The fourth-order valence-corrected chi connectivity index (χ4v) is 4.36. The van der Waals surface area contributed by atoms with Crippen LogP contribution in [0.15, 0.2) is 41.3 Å². The van der Waals surface area contributed by atoms with Gasteiger partial charge in [-0.2, -0.15) is 0 Å². The average Bonchev–Trinajstić information content (AvgIpc) is 2.39. The summed E-state index contributed by atoms with van der Waals surface area (Å²) < 4.78 is 27.4. The van der Waals surface area contributed by atoms with Gasteiger partial charge in [-0.25, -0.2) is 8.42 Å². The van der Waals surface area contributed by atoms with Crippen molar-refractivity contribution < 1.29 is 8.42 Å². The Morgan fingerprint density at radius 1 is 0.957 bits per heavy atom. The maximum Gasteiger partial charge on any atom is 0.263 e. The second-order valence-corrected chi connectivity index (χ2v) is 8.95. The van der Waals surface area contributed by atoms with E-state index in [-0.39, 0.29) is 20.4 Å². The van der Waals surface area contributed by atoms with E-state index in [4.69, 9.17) is 34.8 Å². The molecule has 0 fully saturated rings. The molecule has 0 unspecified atom stereocenters. The van der Waals surface area contributed by atoms with Crippen molar-refractivity contribution in [2.75, 3.05) is 4.72 Å². The van der Waals surface area contributed by atoms with Gasteiger partial charge in [-0.1, -0.05) is 67.7 Å². The zero-order valence-electron chi connectivity index (χ0n) is 12.8. The molecule has 3 nitrogen and oxygen atoms in total. The minimum absolute atomic E-state index is 0.0147. The highest BCUT2D eigenvalue weighted by Crippen LogP contribution is 2.33. The Balaban J connectivity index is 2.39. The molecule has 7 heteroatoms. The van der Waals surface area contributed by atoms with E-state index >= 15 is 0 Å². The summed E-state index contributed by atoms with van der Waals surface area (Å²) in [5.74, 6) is 0. The zero-order valence-corrected chi connectivity index (χ0v) is 15.9. The second kappa shape index (κ2) is 6.52.